The zero-order chi connectivity index (χ0) is 22.8. The van der Waals surface area contributed by atoms with Gasteiger partial charge < -0.3 is 10.1 Å². The van der Waals surface area contributed by atoms with Crippen LogP contribution in [-0.4, -0.2) is 29.2 Å². The summed E-state index contributed by atoms with van der Waals surface area (Å²) >= 11 is 2.93. The fraction of sp³-hybridized carbons (Fsp3) is 0.400. The molecule has 0 bridgehead atoms. The number of thiophene rings is 1. The van der Waals surface area contributed by atoms with Crippen molar-refractivity contribution in [3.05, 3.63) is 50.9 Å². The zero-order valence-corrected chi connectivity index (χ0v) is 20.6. The van der Waals surface area contributed by atoms with Gasteiger partial charge in [-0.1, -0.05) is 23.4 Å². The van der Waals surface area contributed by atoms with E-state index in [-0.39, 0.29) is 17.6 Å². The quantitative estimate of drug-likeness (QED) is 0.354. The van der Waals surface area contributed by atoms with Crippen LogP contribution < -0.4 is 5.32 Å². The number of pyridine rings is 1. The maximum Gasteiger partial charge on any atom is 0.341 e. The van der Waals surface area contributed by atoms with Crippen LogP contribution in [0.4, 0.5) is 5.00 Å². The van der Waals surface area contributed by atoms with Crippen molar-refractivity contribution in [2.24, 2.45) is 0 Å². The highest BCUT2D eigenvalue weighted by Gasteiger charge is 2.27. The third-order valence-corrected chi connectivity index (χ3v) is 7.81. The van der Waals surface area contributed by atoms with E-state index in [4.69, 9.17) is 9.72 Å². The predicted octanol–water partition coefficient (Wildman–Crippen LogP) is 6.01. The number of esters is 1. The number of hydrogen-bond donors (Lipinski definition) is 1. The lowest BCUT2D eigenvalue weighted by atomic mass is 9.95. The minimum atomic E-state index is -0.340. The highest BCUT2D eigenvalue weighted by molar-refractivity contribution is 7.99. The van der Waals surface area contributed by atoms with Gasteiger partial charge in [-0.15, -0.1) is 11.3 Å². The summed E-state index contributed by atoms with van der Waals surface area (Å²) in [7, 11) is 0. The van der Waals surface area contributed by atoms with Crippen LogP contribution in [0.15, 0.2) is 23.2 Å². The maximum absolute atomic E-state index is 12.8. The van der Waals surface area contributed by atoms with E-state index in [0.29, 0.717) is 17.2 Å². The molecule has 3 aromatic rings. The van der Waals surface area contributed by atoms with Crippen molar-refractivity contribution in [3.63, 3.8) is 0 Å². The molecular formula is C25H28N2O3S2. The monoisotopic (exact) mass is 468 g/mol. The molecule has 0 spiro atoms. The van der Waals surface area contributed by atoms with Gasteiger partial charge in [0.05, 0.1) is 28.5 Å². The number of ether oxygens (including phenoxy) is 1. The number of aryl methyl sites for hydroxylation is 4. The Morgan fingerprint density at radius 2 is 1.91 bits per heavy atom. The Balaban J connectivity index is 1.51. The number of anilines is 1. The largest absolute Gasteiger partial charge is 0.462 e. The zero-order valence-electron chi connectivity index (χ0n) is 19.0. The van der Waals surface area contributed by atoms with Crippen LogP contribution >= 0.6 is 23.1 Å². The normalized spacial score (nSPS) is 13.1. The fourth-order valence-electron chi connectivity index (χ4n) is 4.26. The highest BCUT2D eigenvalue weighted by Crippen LogP contribution is 2.38. The number of carbonyl (C=O) groups is 2. The third-order valence-electron chi connectivity index (χ3n) is 5.69. The van der Waals surface area contributed by atoms with E-state index in [9.17, 15) is 9.59 Å². The van der Waals surface area contributed by atoms with E-state index in [1.165, 1.54) is 33.5 Å². The van der Waals surface area contributed by atoms with Crippen molar-refractivity contribution >= 4 is 50.9 Å². The van der Waals surface area contributed by atoms with Crippen LogP contribution in [0.5, 0.6) is 0 Å². The van der Waals surface area contributed by atoms with Crippen LogP contribution in [0.3, 0.4) is 0 Å². The molecule has 0 radical (unpaired) electrons. The number of thioether (sulfide) groups is 1. The van der Waals surface area contributed by atoms with Gasteiger partial charge in [-0.25, -0.2) is 9.78 Å². The lowest BCUT2D eigenvalue weighted by Gasteiger charge is -2.12. The minimum absolute atomic E-state index is 0.140. The lowest BCUT2D eigenvalue weighted by Crippen LogP contribution is -2.17. The maximum atomic E-state index is 12.8. The summed E-state index contributed by atoms with van der Waals surface area (Å²) in [4.78, 5) is 31.4. The molecule has 2 aromatic heterocycles. The Labute approximate surface area is 197 Å². The summed E-state index contributed by atoms with van der Waals surface area (Å²) in [5.41, 5.74) is 6.10. The molecule has 0 saturated heterocycles. The summed E-state index contributed by atoms with van der Waals surface area (Å²) in [5, 5.41) is 5.58. The van der Waals surface area contributed by atoms with Crippen LogP contribution in [0.2, 0.25) is 0 Å². The number of hydrogen-bond acceptors (Lipinski definition) is 6. The molecular weight excluding hydrogens is 440 g/mol. The summed E-state index contributed by atoms with van der Waals surface area (Å²) in [5.74, 6) is -0.250. The average molecular weight is 469 g/mol. The van der Waals surface area contributed by atoms with E-state index >= 15 is 0 Å². The molecule has 32 heavy (non-hydrogen) atoms. The minimum Gasteiger partial charge on any atom is -0.462 e. The van der Waals surface area contributed by atoms with Gasteiger partial charge in [-0.2, -0.15) is 0 Å². The summed E-state index contributed by atoms with van der Waals surface area (Å²) in [6.07, 6.45) is 4.00. The van der Waals surface area contributed by atoms with Gasteiger partial charge in [0.25, 0.3) is 0 Å². The molecule has 0 aliphatic heterocycles. The number of carbonyl (C=O) groups excluding carboxylic acids is 2. The number of nitrogens with one attached hydrogen (secondary N) is 1. The van der Waals surface area contributed by atoms with Gasteiger partial charge in [0.15, 0.2) is 0 Å². The number of rotatable bonds is 6. The molecule has 2 heterocycles. The summed E-state index contributed by atoms with van der Waals surface area (Å²) in [6.45, 7) is 8.35. The molecule has 5 nitrogen and oxygen atoms in total. The molecule has 0 atom stereocenters. The number of nitrogens with zero attached hydrogens (tertiary/aromatic N) is 1. The first kappa shape index (κ1) is 22.8. The van der Waals surface area contributed by atoms with E-state index in [1.807, 2.05) is 6.07 Å². The van der Waals surface area contributed by atoms with Crippen molar-refractivity contribution in [1.29, 1.82) is 0 Å². The SMILES string of the molecule is CCOC(=O)c1c(NC(=O)CSc2cc(C)c3cc(C)cc(C)c3n2)sc2c1CCCC2. The van der Waals surface area contributed by atoms with Crippen molar-refractivity contribution in [2.75, 3.05) is 17.7 Å². The first-order valence-electron chi connectivity index (χ1n) is 11.0. The van der Waals surface area contributed by atoms with Crippen LogP contribution in [0.1, 0.15) is 57.3 Å². The molecule has 0 unspecified atom stereocenters. The summed E-state index contributed by atoms with van der Waals surface area (Å²) < 4.78 is 5.28. The fourth-order valence-corrected chi connectivity index (χ4v) is 6.32. The van der Waals surface area contributed by atoms with Gasteiger partial charge >= 0.3 is 5.97 Å². The second kappa shape index (κ2) is 9.63. The molecule has 0 fully saturated rings. The predicted molar refractivity (Wildman–Crippen MR) is 132 cm³/mol. The van der Waals surface area contributed by atoms with Gasteiger partial charge in [-0.3, -0.25) is 4.79 Å². The highest BCUT2D eigenvalue weighted by atomic mass is 32.2. The Bertz CT molecular complexity index is 1200. The smallest absolute Gasteiger partial charge is 0.341 e. The average Bonchev–Trinajstić information content (AvgIpc) is 3.11. The Morgan fingerprint density at radius 1 is 1.12 bits per heavy atom. The molecule has 0 saturated carbocycles. The van der Waals surface area contributed by atoms with Gasteiger partial charge in [0.1, 0.15) is 5.00 Å². The second-order valence-electron chi connectivity index (χ2n) is 8.23. The van der Waals surface area contributed by atoms with E-state index in [0.717, 1.165) is 58.3 Å². The van der Waals surface area contributed by atoms with E-state index in [2.05, 4.69) is 38.2 Å². The molecule has 168 valence electrons. The van der Waals surface area contributed by atoms with E-state index < -0.39 is 0 Å². The lowest BCUT2D eigenvalue weighted by molar-refractivity contribution is -0.113. The molecule has 1 N–H and O–H groups in total. The standard InChI is InChI=1S/C25H28N2O3S2/c1-5-30-25(29)22-17-8-6-7-9-19(17)32-24(22)26-20(28)13-31-21-12-15(3)18-11-14(2)10-16(4)23(18)27-21/h10-12H,5-9,13H2,1-4H3,(H,26,28). The van der Waals surface area contributed by atoms with Crippen molar-refractivity contribution < 1.29 is 14.3 Å². The molecule has 1 aliphatic rings. The topological polar surface area (TPSA) is 68.3 Å². The molecule has 7 heteroatoms. The number of benzene rings is 1. The Kier molecular flexibility index (Phi) is 6.86. The number of fused-ring (bicyclic) bond motifs is 2. The molecule has 1 aliphatic carbocycles. The van der Waals surface area contributed by atoms with Crippen molar-refractivity contribution in [3.8, 4) is 0 Å². The number of amides is 1. The molecule has 1 aromatic carbocycles. The van der Waals surface area contributed by atoms with E-state index in [1.54, 1.807) is 6.92 Å². The second-order valence-corrected chi connectivity index (χ2v) is 10.3. The molecule has 4 rings (SSSR count). The van der Waals surface area contributed by atoms with Crippen LogP contribution in [-0.2, 0) is 22.4 Å². The molecule has 1 amide bonds. The van der Waals surface area contributed by atoms with Crippen LogP contribution in [0.25, 0.3) is 10.9 Å². The first-order chi connectivity index (χ1) is 15.4. The van der Waals surface area contributed by atoms with Gasteiger partial charge in [0.2, 0.25) is 5.91 Å². The Hall–Kier alpha value is -2.38. The van der Waals surface area contributed by atoms with Gasteiger partial charge in [0, 0.05) is 10.3 Å². The van der Waals surface area contributed by atoms with Crippen LogP contribution in [0, 0.1) is 20.8 Å². The third kappa shape index (κ3) is 4.69. The first-order valence-corrected chi connectivity index (χ1v) is 12.8. The summed E-state index contributed by atoms with van der Waals surface area (Å²) in [6, 6.07) is 6.32. The van der Waals surface area contributed by atoms with Crippen molar-refractivity contribution in [1.82, 2.24) is 4.98 Å². The number of aromatic nitrogens is 1. The van der Waals surface area contributed by atoms with Gasteiger partial charge in [-0.05, 0) is 82.2 Å². The Morgan fingerprint density at radius 3 is 2.69 bits per heavy atom. The van der Waals surface area contributed by atoms with Crippen molar-refractivity contribution in [2.45, 2.75) is 58.4 Å².